The average Bonchev–Trinajstić information content (AvgIpc) is 3.62. The Kier molecular flexibility index (Phi) is 5.83. The van der Waals surface area contributed by atoms with Gasteiger partial charge >= 0.3 is 0 Å². The molecule has 0 bridgehead atoms. The lowest BCUT2D eigenvalue weighted by Crippen LogP contribution is -2.46. The number of piperazine rings is 1. The number of hydrogen-bond acceptors (Lipinski definition) is 7. The fourth-order valence-electron chi connectivity index (χ4n) is 4.56. The molecule has 0 aliphatic carbocycles. The topological polar surface area (TPSA) is 91.9 Å². The third-order valence-corrected chi connectivity index (χ3v) is 6.90. The van der Waals surface area contributed by atoms with Crippen LogP contribution in [0, 0.1) is 6.92 Å². The summed E-state index contributed by atoms with van der Waals surface area (Å²) in [5, 5.41) is 8.41. The minimum absolute atomic E-state index is 0.744. The van der Waals surface area contributed by atoms with Crippen LogP contribution in [0.4, 0.5) is 5.69 Å². The van der Waals surface area contributed by atoms with E-state index in [2.05, 4.69) is 70.2 Å². The van der Waals surface area contributed by atoms with Crippen molar-refractivity contribution in [3.05, 3.63) is 76.5 Å². The van der Waals surface area contributed by atoms with Crippen LogP contribution in [0.15, 0.2) is 64.0 Å². The number of hydrogen-bond donors (Lipinski definition) is 1. The number of nitrogens with one attached hydrogen (secondary N) is 1. The van der Waals surface area contributed by atoms with Crippen LogP contribution >= 0.6 is 15.9 Å². The van der Waals surface area contributed by atoms with Crippen molar-refractivity contribution in [2.45, 2.75) is 20.0 Å². The van der Waals surface area contributed by atoms with Crippen LogP contribution in [0.5, 0.6) is 0 Å². The van der Waals surface area contributed by atoms with Gasteiger partial charge in [0.15, 0.2) is 5.65 Å². The van der Waals surface area contributed by atoms with E-state index in [0.717, 1.165) is 83.4 Å². The van der Waals surface area contributed by atoms with Crippen molar-refractivity contribution in [2.24, 2.45) is 0 Å². The van der Waals surface area contributed by atoms with Crippen LogP contribution in [0.25, 0.3) is 22.6 Å². The summed E-state index contributed by atoms with van der Waals surface area (Å²) in [6.07, 6.45) is 5.62. The van der Waals surface area contributed by atoms with Crippen LogP contribution in [0.1, 0.15) is 17.0 Å². The monoisotopic (exact) mass is 532 g/mol. The van der Waals surface area contributed by atoms with E-state index in [0.29, 0.717) is 0 Å². The van der Waals surface area contributed by atoms with Crippen molar-refractivity contribution < 1.29 is 4.52 Å². The first-order valence-electron chi connectivity index (χ1n) is 11.6. The first kappa shape index (κ1) is 22.0. The average molecular weight is 533 g/mol. The van der Waals surface area contributed by atoms with E-state index in [9.17, 15) is 0 Å². The third kappa shape index (κ3) is 4.59. The summed E-state index contributed by atoms with van der Waals surface area (Å²) < 4.78 is 8.08. The van der Waals surface area contributed by atoms with E-state index in [1.165, 1.54) is 5.56 Å². The van der Waals surface area contributed by atoms with E-state index in [1.807, 2.05) is 36.1 Å². The van der Waals surface area contributed by atoms with Crippen LogP contribution in [-0.2, 0) is 13.1 Å². The normalized spacial score (nSPS) is 14.7. The van der Waals surface area contributed by atoms with Gasteiger partial charge in [-0.1, -0.05) is 29.4 Å². The van der Waals surface area contributed by atoms with Crippen molar-refractivity contribution >= 4 is 32.8 Å². The SMILES string of the molecule is Cc1cc(CN2CCN(c3c(Br)cnc4[nH]c(-c5ccc(Cn6cccn6)cc5)nc34)CC2)no1. The van der Waals surface area contributed by atoms with Crippen molar-refractivity contribution in [1.82, 2.24) is 34.8 Å². The zero-order valence-corrected chi connectivity index (χ0v) is 20.9. The predicted molar refractivity (Wildman–Crippen MR) is 137 cm³/mol. The molecular formula is C25H25BrN8O. The van der Waals surface area contributed by atoms with Crippen molar-refractivity contribution in [3.8, 4) is 11.4 Å². The maximum Gasteiger partial charge on any atom is 0.159 e. The number of benzene rings is 1. The number of aromatic nitrogens is 6. The van der Waals surface area contributed by atoms with Crippen molar-refractivity contribution in [1.29, 1.82) is 0 Å². The minimum Gasteiger partial charge on any atom is -0.366 e. The van der Waals surface area contributed by atoms with E-state index < -0.39 is 0 Å². The molecule has 178 valence electrons. The molecule has 1 aromatic carbocycles. The lowest BCUT2D eigenvalue weighted by atomic mass is 10.1. The molecule has 0 radical (unpaired) electrons. The van der Waals surface area contributed by atoms with Crippen LogP contribution < -0.4 is 4.90 Å². The molecule has 4 aromatic heterocycles. The molecule has 0 spiro atoms. The molecule has 0 unspecified atom stereocenters. The Morgan fingerprint density at radius 2 is 1.91 bits per heavy atom. The second-order valence-electron chi connectivity index (χ2n) is 8.83. The molecule has 6 rings (SSSR count). The number of H-pyrrole nitrogens is 1. The highest BCUT2D eigenvalue weighted by Gasteiger charge is 2.23. The van der Waals surface area contributed by atoms with Gasteiger partial charge in [0, 0.05) is 62.9 Å². The quantitative estimate of drug-likeness (QED) is 0.349. The smallest absolute Gasteiger partial charge is 0.159 e. The maximum absolute atomic E-state index is 5.21. The molecule has 1 saturated heterocycles. The molecule has 9 nitrogen and oxygen atoms in total. The van der Waals surface area contributed by atoms with Gasteiger partial charge in [0.2, 0.25) is 0 Å². The number of nitrogens with zero attached hydrogens (tertiary/aromatic N) is 7. The Hall–Kier alpha value is -3.50. The van der Waals surface area contributed by atoms with E-state index in [4.69, 9.17) is 9.51 Å². The summed E-state index contributed by atoms with van der Waals surface area (Å²) >= 11 is 3.73. The summed E-state index contributed by atoms with van der Waals surface area (Å²) in [7, 11) is 0. The number of aromatic amines is 1. The number of anilines is 1. The van der Waals surface area contributed by atoms with Gasteiger partial charge in [0.1, 0.15) is 17.1 Å². The molecule has 1 aliphatic rings. The Morgan fingerprint density at radius 3 is 2.63 bits per heavy atom. The van der Waals surface area contributed by atoms with Crippen LogP contribution in [0.2, 0.25) is 0 Å². The number of aryl methyl sites for hydroxylation is 1. The second kappa shape index (κ2) is 9.27. The molecule has 0 amide bonds. The molecular weight excluding hydrogens is 508 g/mol. The lowest BCUT2D eigenvalue weighted by Gasteiger charge is -2.36. The third-order valence-electron chi connectivity index (χ3n) is 6.32. The molecule has 1 aliphatic heterocycles. The van der Waals surface area contributed by atoms with Gasteiger partial charge in [-0.3, -0.25) is 9.58 Å². The van der Waals surface area contributed by atoms with Crippen LogP contribution in [-0.4, -0.2) is 61.0 Å². The Labute approximate surface area is 210 Å². The highest BCUT2D eigenvalue weighted by molar-refractivity contribution is 9.10. The van der Waals surface area contributed by atoms with Crippen molar-refractivity contribution in [2.75, 3.05) is 31.1 Å². The number of rotatable bonds is 6. The van der Waals surface area contributed by atoms with E-state index >= 15 is 0 Å². The summed E-state index contributed by atoms with van der Waals surface area (Å²) in [6, 6.07) is 12.4. The first-order valence-corrected chi connectivity index (χ1v) is 12.4. The molecule has 1 fully saturated rings. The molecule has 1 N–H and O–H groups in total. The zero-order valence-electron chi connectivity index (χ0n) is 19.4. The van der Waals surface area contributed by atoms with Gasteiger partial charge in [-0.15, -0.1) is 0 Å². The fraction of sp³-hybridized carbons (Fsp3) is 0.280. The Balaban J connectivity index is 1.21. The first-order chi connectivity index (χ1) is 17.1. The lowest BCUT2D eigenvalue weighted by molar-refractivity contribution is 0.242. The summed E-state index contributed by atoms with van der Waals surface area (Å²) in [4.78, 5) is 17.8. The van der Waals surface area contributed by atoms with Gasteiger partial charge < -0.3 is 14.4 Å². The molecule has 0 saturated carbocycles. The van der Waals surface area contributed by atoms with Gasteiger partial charge in [-0.2, -0.15) is 5.10 Å². The van der Waals surface area contributed by atoms with Gasteiger partial charge in [-0.25, -0.2) is 9.97 Å². The maximum atomic E-state index is 5.21. The van der Waals surface area contributed by atoms with Gasteiger partial charge in [0.25, 0.3) is 0 Å². The molecule has 0 atom stereocenters. The Morgan fingerprint density at radius 1 is 1.09 bits per heavy atom. The summed E-state index contributed by atoms with van der Waals surface area (Å²) in [6.45, 7) is 7.16. The highest BCUT2D eigenvalue weighted by atomic mass is 79.9. The predicted octanol–water partition coefficient (Wildman–Crippen LogP) is 4.25. The molecule has 5 heterocycles. The van der Waals surface area contributed by atoms with Gasteiger partial charge in [0.05, 0.1) is 22.4 Å². The van der Waals surface area contributed by atoms with Crippen LogP contribution in [0.3, 0.4) is 0 Å². The number of halogens is 1. The number of pyridine rings is 1. The molecule has 5 aromatic rings. The zero-order chi connectivity index (χ0) is 23.8. The molecule has 10 heteroatoms. The van der Waals surface area contributed by atoms with E-state index in [-0.39, 0.29) is 0 Å². The molecule has 35 heavy (non-hydrogen) atoms. The Bertz CT molecular complexity index is 1430. The van der Waals surface area contributed by atoms with E-state index in [1.54, 1.807) is 6.20 Å². The minimum atomic E-state index is 0.744. The van der Waals surface area contributed by atoms with Crippen molar-refractivity contribution in [3.63, 3.8) is 0 Å². The second-order valence-corrected chi connectivity index (χ2v) is 9.68. The number of imidazole rings is 1. The fourth-order valence-corrected chi connectivity index (χ4v) is 5.10. The summed E-state index contributed by atoms with van der Waals surface area (Å²) in [5.74, 6) is 1.67. The van der Waals surface area contributed by atoms with Gasteiger partial charge in [-0.05, 0) is 34.5 Å². The number of fused-ring (bicyclic) bond motifs is 1. The standard InChI is InChI=1S/C25H25BrN8O/c1-17-13-20(31-35-17)16-32-9-11-33(12-10-32)23-21(26)14-27-25-22(23)29-24(30-25)19-5-3-18(4-6-19)15-34-8-2-7-28-34/h2-8,13-14H,9-12,15-16H2,1H3,(H,27,29,30). The highest BCUT2D eigenvalue weighted by Crippen LogP contribution is 2.34. The summed E-state index contributed by atoms with van der Waals surface area (Å²) in [5.41, 5.74) is 5.96. The largest absolute Gasteiger partial charge is 0.366 e.